The third-order valence-corrected chi connectivity index (χ3v) is 5.27. The van der Waals surface area contributed by atoms with E-state index in [2.05, 4.69) is 5.32 Å². The molecule has 1 unspecified atom stereocenters. The normalized spacial score (nSPS) is 12.9. The summed E-state index contributed by atoms with van der Waals surface area (Å²) in [6.07, 6.45) is 3.12. The molecule has 1 heterocycles. The summed E-state index contributed by atoms with van der Waals surface area (Å²) in [5.41, 5.74) is 2.11. The Balaban J connectivity index is 1.53. The van der Waals surface area contributed by atoms with Crippen LogP contribution < -0.4 is 19.5 Å². The molecular weight excluding hydrogens is 420 g/mol. The van der Waals surface area contributed by atoms with Crippen molar-refractivity contribution in [3.63, 3.8) is 0 Å². The third-order valence-electron chi connectivity index (χ3n) is 5.27. The maximum Gasteiger partial charge on any atom is 0.251 e. The predicted molar refractivity (Wildman–Crippen MR) is 125 cm³/mol. The van der Waals surface area contributed by atoms with Crippen molar-refractivity contribution in [3.8, 4) is 17.2 Å². The van der Waals surface area contributed by atoms with Crippen LogP contribution in [0.5, 0.6) is 17.2 Å². The van der Waals surface area contributed by atoms with Crippen molar-refractivity contribution in [1.29, 1.82) is 0 Å². The quantitative estimate of drug-likeness (QED) is 0.551. The van der Waals surface area contributed by atoms with Gasteiger partial charge in [-0.25, -0.2) is 0 Å². The highest BCUT2D eigenvalue weighted by molar-refractivity contribution is 6.00. The number of benzene rings is 3. The third kappa shape index (κ3) is 5.15. The molecule has 2 amide bonds. The van der Waals surface area contributed by atoms with E-state index in [1.807, 2.05) is 36.4 Å². The van der Waals surface area contributed by atoms with Crippen molar-refractivity contribution in [3.05, 3.63) is 90.0 Å². The summed E-state index contributed by atoms with van der Waals surface area (Å²) in [5, 5.41) is 2.89. The molecule has 0 aliphatic carbocycles. The summed E-state index contributed by atoms with van der Waals surface area (Å²) >= 11 is 0. The van der Waals surface area contributed by atoms with Gasteiger partial charge in [-0.15, -0.1) is 0 Å². The lowest BCUT2D eigenvalue weighted by atomic mass is 10.0. The fraction of sp³-hybridized carbons (Fsp3) is 0.154. The number of rotatable bonds is 7. The number of hydrogen-bond acceptors (Lipinski definition) is 5. The minimum atomic E-state index is -0.817. The highest BCUT2D eigenvalue weighted by atomic mass is 16.7. The molecule has 1 atom stereocenters. The standard InChI is InChI=1S/C26H24N2O5/c1-28(24(29)15-9-18-8-14-22-23(16-18)33-17-32-22)25(19-6-4-3-5-7-19)26(30)27-20-10-12-21(31-2)13-11-20/h3-16,25H,17H2,1-2H3,(H,27,30)/b15-9+. The number of fused-ring (bicyclic) bond motifs is 1. The molecule has 3 aromatic rings. The van der Waals surface area contributed by atoms with Crippen molar-refractivity contribution in [1.82, 2.24) is 4.90 Å². The highest BCUT2D eigenvalue weighted by Gasteiger charge is 2.27. The molecule has 3 aromatic carbocycles. The lowest BCUT2D eigenvalue weighted by Gasteiger charge is -2.27. The van der Waals surface area contributed by atoms with Gasteiger partial charge in [-0.1, -0.05) is 36.4 Å². The van der Waals surface area contributed by atoms with Crippen LogP contribution in [0.3, 0.4) is 0 Å². The number of hydrogen-bond donors (Lipinski definition) is 1. The molecule has 33 heavy (non-hydrogen) atoms. The molecule has 0 saturated carbocycles. The van der Waals surface area contributed by atoms with Gasteiger partial charge in [0.15, 0.2) is 11.5 Å². The predicted octanol–water partition coefficient (Wildman–Crippen LogP) is 4.28. The van der Waals surface area contributed by atoms with Gasteiger partial charge >= 0.3 is 0 Å². The summed E-state index contributed by atoms with van der Waals surface area (Å²) in [6, 6.07) is 20.8. The van der Waals surface area contributed by atoms with E-state index in [-0.39, 0.29) is 18.6 Å². The molecule has 7 heteroatoms. The van der Waals surface area contributed by atoms with Crippen LogP contribution in [0.1, 0.15) is 17.2 Å². The molecule has 1 aliphatic heterocycles. The monoisotopic (exact) mass is 444 g/mol. The molecule has 0 spiro atoms. The zero-order valence-corrected chi connectivity index (χ0v) is 18.4. The van der Waals surface area contributed by atoms with Gasteiger partial charge in [0.1, 0.15) is 11.8 Å². The van der Waals surface area contributed by atoms with Gasteiger partial charge in [0.05, 0.1) is 7.11 Å². The fourth-order valence-electron chi connectivity index (χ4n) is 3.50. The number of nitrogens with one attached hydrogen (secondary N) is 1. The SMILES string of the molecule is COc1ccc(NC(=O)C(c2ccccc2)N(C)C(=O)/C=C/c2ccc3c(c2)OCO3)cc1. The lowest BCUT2D eigenvalue weighted by Crippen LogP contribution is -2.37. The van der Waals surface area contributed by atoms with Crippen LogP contribution in [0.2, 0.25) is 0 Å². The van der Waals surface area contributed by atoms with Crippen LogP contribution in [0, 0.1) is 0 Å². The molecule has 0 bridgehead atoms. The van der Waals surface area contributed by atoms with Gasteiger partial charge in [-0.05, 0) is 53.6 Å². The Kier molecular flexibility index (Phi) is 6.59. The first-order chi connectivity index (χ1) is 16.0. The zero-order chi connectivity index (χ0) is 23.2. The van der Waals surface area contributed by atoms with Crippen molar-refractivity contribution in [2.75, 3.05) is 26.3 Å². The van der Waals surface area contributed by atoms with E-state index in [0.717, 1.165) is 5.56 Å². The van der Waals surface area contributed by atoms with E-state index in [4.69, 9.17) is 14.2 Å². The number of likely N-dealkylation sites (N-methyl/N-ethyl adjacent to an activating group) is 1. The Hall–Kier alpha value is -4.26. The van der Waals surface area contributed by atoms with E-state index in [1.54, 1.807) is 56.6 Å². The summed E-state index contributed by atoms with van der Waals surface area (Å²) in [4.78, 5) is 27.6. The van der Waals surface area contributed by atoms with Crippen molar-refractivity contribution >= 4 is 23.6 Å². The smallest absolute Gasteiger partial charge is 0.251 e. The molecule has 0 saturated heterocycles. The largest absolute Gasteiger partial charge is 0.497 e. The van der Waals surface area contributed by atoms with E-state index < -0.39 is 6.04 Å². The average molecular weight is 444 g/mol. The fourth-order valence-corrected chi connectivity index (χ4v) is 3.50. The summed E-state index contributed by atoms with van der Waals surface area (Å²) in [7, 11) is 3.19. The Bertz CT molecular complexity index is 1160. The number of carbonyl (C=O) groups is 2. The van der Waals surface area contributed by atoms with Gasteiger partial charge in [0.25, 0.3) is 5.91 Å². The number of nitrogens with zero attached hydrogens (tertiary/aromatic N) is 1. The molecular formula is C26H24N2O5. The second-order valence-corrected chi connectivity index (χ2v) is 7.43. The van der Waals surface area contributed by atoms with Gasteiger partial charge in [-0.3, -0.25) is 9.59 Å². The Morgan fingerprint density at radius 1 is 1.00 bits per heavy atom. The van der Waals surface area contributed by atoms with Gasteiger partial charge < -0.3 is 24.4 Å². The van der Waals surface area contributed by atoms with Gasteiger partial charge in [0, 0.05) is 18.8 Å². The number of methoxy groups -OCH3 is 1. The zero-order valence-electron chi connectivity index (χ0n) is 18.4. The van der Waals surface area contributed by atoms with Crippen molar-refractivity contribution < 1.29 is 23.8 Å². The van der Waals surface area contributed by atoms with Crippen LogP contribution >= 0.6 is 0 Å². The summed E-state index contributed by atoms with van der Waals surface area (Å²) in [5.74, 6) is 1.37. The van der Waals surface area contributed by atoms with Crippen molar-refractivity contribution in [2.45, 2.75) is 6.04 Å². The number of ether oxygens (including phenoxy) is 3. The molecule has 1 N–H and O–H groups in total. The van der Waals surface area contributed by atoms with E-state index in [0.29, 0.717) is 28.5 Å². The number of carbonyl (C=O) groups excluding carboxylic acids is 2. The van der Waals surface area contributed by atoms with Crippen LogP contribution in [0.25, 0.3) is 6.08 Å². The first kappa shape index (κ1) is 22.0. The summed E-state index contributed by atoms with van der Waals surface area (Å²) in [6.45, 7) is 0.187. The number of amides is 2. The second-order valence-electron chi connectivity index (χ2n) is 7.43. The van der Waals surface area contributed by atoms with Crippen molar-refractivity contribution in [2.24, 2.45) is 0 Å². The average Bonchev–Trinajstić information content (AvgIpc) is 3.32. The van der Waals surface area contributed by atoms with Crippen LogP contribution in [0.15, 0.2) is 78.9 Å². The van der Waals surface area contributed by atoms with Crippen LogP contribution in [0.4, 0.5) is 5.69 Å². The molecule has 4 rings (SSSR count). The molecule has 0 fully saturated rings. The molecule has 168 valence electrons. The molecule has 7 nitrogen and oxygen atoms in total. The lowest BCUT2D eigenvalue weighted by molar-refractivity contribution is -0.133. The topological polar surface area (TPSA) is 77.1 Å². The Labute approximate surface area is 192 Å². The van der Waals surface area contributed by atoms with E-state index in [1.165, 1.54) is 11.0 Å². The summed E-state index contributed by atoms with van der Waals surface area (Å²) < 4.78 is 15.9. The molecule has 0 radical (unpaired) electrons. The first-order valence-electron chi connectivity index (χ1n) is 10.4. The second kappa shape index (κ2) is 9.91. The Morgan fingerprint density at radius 3 is 2.45 bits per heavy atom. The minimum absolute atomic E-state index is 0.187. The highest BCUT2D eigenvalue weighted by Crippen LogP contribution is 2.33. The Morgan fingerprint density at radius 2 is 1.73 bits per heavy atom. The minimum Gasteiger partial charge on any atom is -0.497 e. The maximum atomic E-state index is 13.2. The van der Waals surface area contributed by atoms with E-state index >= 15 is 0 Å². The maximum absolute atomic E-state index is 13.2. The molecule has 1 aliphatic rings. The van der Waals surface area contributed by atoms with Gasteiger partial charge in [0.2, 0.25) is 12.7 Å². The molecule has 0 aromatic heterocycles. The number of anilines is 1. The first-order valence-corrected chi connectivity index (χ1v) is 10.4. The van der Waals surface area contributed by atoms with E-state index in [9.17, 15) is 9.59 Å². The van der Waals surface area contributed by atoms with Crippen LogP contribution in [-0.4, -0.2) is 37.7 Å². The van der Waals surface area contributed by atoms with Crippen LogP contribution in [-0.2, 0) is 9.59 Å². The van der Waals surface area contributed by atoms with Gasteiger partial charge in [-0.2, -0.15) is 0 Å².